The van der Waals surface area contributed by atoms with Crippen molar-refractivity contribution >= 4 is 5.69 Å². The standard InChI is InChI=1S/C18H29N3/c1-15(2)20-12-10-18(13-19,14-20)21-11-6-5-8-16-7-3-4-9-17(16)21/h3-4,7,9,15H,5-6,8,10-14,19H2,1-2H3. The lowest BCUT2D eigenvalue weighted by molar-refractivity contribution is 0.253. The van der Waals surface area contributed by atoms with E-state index in [1.807, 2.05) is 0 Å². The number of benzene rings is 1. The van der Waals surface area contributed by atoms with Gasteiger partial charge in [-0.2, -0.15) is 0 Å². The molecular formula is C18H29N3. The number of hydrogen-bond acceptors (Lipinski definition) is 3. The Hall–Kier alpha value is -1.06. The van der Waals surface area contributed by atoms with Gasteiger partial charge in [-0.1, -0.05) is 18.2 Å². The zero-order valence-electron chi connectivity index (χ0n) is 13.5. The lowest BCUT2D eigenvalue weighted by Crippen LogP contribution is -2.56. The maximum Gasteiger partial charge on any atom is 0.0662 e. The molecule has 21 heavy (non-hydrogen) atoms. The van der Waals surface area contributed by atoms with Crippen LogP contribution >= 0.6 is 0 Å². The molecule has 0 aromatic heterocycles. The molecule has 1 fully saturated rings. The molecule has 1 unspecified atom stereocenters. The first-order valence-electron chi connectivity index (χ1n) is 8.46. The summed E-state index contributed by atoms with van der Waals surface area (Å²) in [6.07, 6.45) is 4.97. The Labute approximate surface area is 129 Å². The largest absolute Gasteiger partial charge is 0.363 e. The quantitative estimate of drug-likeness (QED) is 0.927. The van der Waals surface area contributed by atoms with Gasteiger partial charge in [0.2, 0.25) is 0 Å². The average molecular weight is 287 g/mol. The van der Waals surface area contributed by atoms with E-state index in [1.165, 1.54) is 43.5 Å². The molecule has 0 amide bonds. The SMILES string of the molecule is CC(C)N1CCC(CN)(N2CCCCc3ccccc32)C1. The molecule has 0 saturated carbocycles. The predicted molar refractivity (Wildman–Crippen MR) is 89.8 cm³/mol. The van der Waals surface area contributed by atoms with E-state index in [1.54, 1.807) is 0 Å². The summed E-state index contributed by atoms with van der Waals surface area (Å²) in [6.45, 7) is 8.78. The molecular weight excluding hydrogens is 258 g/mol. The highest BCUT2D eigenvalue weighted by Crippen LogP contribution is 2.36. The van der Waals surface area contributed by atoms with E-state index in [4.69, 9.17) is 5.73 Å². The molecule has 1 aromatic carbocycles. The summed E-state index contributed by atoms with van der Waals surface area (Å²) in [5, 5.41) is 0. The van der Waals surface area contributed by atoms with Crippen molar-refractivity contribution < 1.29 is 0 Å². The molecule has 1 aromatic rings. The number of anilines is 1. The van der Waals surface area contributed by atoms with E-state index in [2.05, 4.69) is 47.9 Å². The third-order valence-corrected chi connectivity index (χ3v) is 5.40. The van der Waals surface area contributed by atoms with Crippen LogP contribution in [0.3, 0.4) is 0 Å². The molecule has 116 valence electrons. The van der Waals surface area contributed by atoms with Gasteiger partial charge in [0, 0.05) is 37.9 Å². The molecule has 2 aliphatic rings. The molecule has 2 aliphatic heterocycles. The molecule has 1 atom stereocenters. The Bertz CT molecular complexity index is 485. The first-order chi connectivity index (χ1) is 10.2. The lowest BCUT2D eigenvalue weighted by atomic mass is 9.94. The normalized spacial score (nSPS) is 27.0. The molecule has 3 rings (SSSR count). The maximum absolute atomic E-state index is 6.30. The first-order valence-corrected chi connectivity index (χ1v) is 8.46. The number of rotatable bonds is 3. The smallest absolute Gasteiger partial charge is 0.0662 e. The summed E-state index contributed by atoms with van der Waals surface area (Å²) in [5.41, 5.74) is 9.37. The highest BCUT2D eigenvalue weighted by molar-refractivity contribution is 5.57. The first kappa shape index (κ1) is 14.9. The van der Waals surface area contributed by atoms with E-state index < -0.39 is 0 Å². The van der Waals surface area contributed by atoms with Crippen molar-refractivity contribution in [3.05, 3.63) is 29.8 Å². The van der Waals surface area contributed by atoms with Crippen LogP contribution in [0.1, 0.15) is 38.7 Å². The molecule has 0 spiro atoms. The Morgan fingerprint density at radius 1 is 1.19 bits per heavy atom. The minimum atomic E-state index is 0.130. The van der Waals surface area contributed by atoms with Crippen LogP contribution < -0.4 is 10.6 Å². The van der Waals surface area contributed by atoms with Gasteiger partial charge >= 0.3 is 0 Å². The van der Waals surface area contributed by atoms with E-state index in [0.717, 1.165) is 19.6 Å². The fraction of sp³-hybridized carbons (Fsp3) is 0.667. The van der Waals surface area contributed by atoms with Gasteiger partial charge in [-0.15, -0.1) is 0 Å². The third-order valence-electron chi connectivity index (χ3n) is 5.40. The second-order valence-electron chi connectivity index (χ2n) is 6.98. The zero-order valence-corrected chi connectivity index (χ0v) is 13.5. The topological polar surface area (TPSA) is 32.5 Å². The fourth-order valence-electron chi connectivity index (χ4n) is 4.01. The highest BCUT2D eigenvalue weighted by Gasteiger charge is 2.43. The molecule has 2 N–H and O–H groups in total. The van der Waals surface area contributed by atoms with Gasteiger partial charge in [0.15, 0.2) is 0 Å². The number of nitrogens with two attached hydrogens (primary N) is 1. The Balaban J connectivity index is 1.94. The minimum absolute atomic E-state index is 0.130. The third kappa shape index (κ3) is 2.69. The molecule has 0 aliphatic carbocycles. The van der Waals surface area contributed by atoms with Crippen molar-refractivity contribution in [2.75, 3.05) is 31.1 Å². The van der Waals surface area contributed by atoms with E-state index >= 15 is 0 Å². The Morgan fingerprint density at radius 3 is 2.71 bits per heavy atom. The Morgan fingerprint density at radius 2 is 2.00 bits per heavy atom. The van der Waals surface area contributed by atoms with E-state index in [9.17, 15) is 0 Å². The molecule has 1 saturated heterocycles. The van der Waals surface area contributed by atoms with Crippen LogP contribution in [-0.2, 0) is 6.42 Å². The molecule has 2 heterocycles. The lowest BCUT2D eigenvalue weighted by Gasteiger charge is -2.43. The van der Waals surface area contributed by atoms with E-state index in [0.29, 0.717) is 6.04 Å². The summed E-state index contributed by atoms with van der Waals surface area (Å²) in [7, 11) is 0. The number of fused-ring (bicyclic) bond motifs is 1. The predicted octanol–water partition coefficient (Wildman–Crippen LogP) is 2.64. The van der Waals surface area contributed by atoms with Gasteiger partial charge < -0.3 is 10.6 Å². The van der Waals surface area contributed by atoms with Gasteiger partial charge in [0.1, 0.15) is 0 Å². The second-order valence-corrected chi connectivity index (χ2v) is 6.98. The number of aryl methyl sites for hydroxylation is 1. The fourth-order valence-corrected chi connectivity index (χ4v) is 4.01. The second kappa shape index (κ2) is 5.98. The van der Waals surface area contributed by atoms with Crippen molar-refractivity contribution in [2.24, 2.45) is 5.73 Å². The molecule has 3 heteroatoms. The maximum atomic E-state index is 6.30. The van der Waals surface area contributed by atoms with Crippen LogP contribution in [0, 0.1) is 0 Å². The average Bonchev–Trinajstić information content (AvgIpc) is 2.83. The van der Waals surface area contributed by atoms with E-state index in [-0.39, 0.29) is 5.54 Å². The Kier molecular flexibility index (Phi) is 4.23. The van der Waals surface area contributed by atoms with Crippen molar-refractivity contribution in [3.63, 3.8) is 0 Å². The number of hydrogen-bond donors (Lipinski definition) is 1. The summed E-state index contributed by atoms with van der Waals surface area (Å²) in [4.78, 5) is 5.23. The van der Waals surface area contributed by atoms with Crippen molar-refractivity contribution in [3.8, 4) is 0 Å². The summed E-state index contributed by atoms with van der Waals surface area (Å²) in [5.74, 6) is 0. The van der Waals surface area contributed by atoms with Crippen LogP contribution in [0.25, 0.3) is 0 Å². The van der Waals surface area contributed by atoms with Crippen molar-refractivity contribution in [1.29, 1.82) is 0 Å². The molecule has 3 nitrogen and oxygen atoms in total. The molecule has 0 radical (unpaired) electrons. The summed E-state index contributed by atoms with van der Waals surface area (Å²) < 4.78 is 0. The van der Waals surface area contributed by atoms with Crippen molar-refractivity contribution in [2.45, 2.75) is 51.1 Å². The van der Waals surface area contributed by atoms with Crippen LogP contribution in [0.5, 0.6) is 0 Å². The van der Waals surface area contributed by atoms with Gasteiger partial charge in [-0.25, -0.2) is 0 Å². The number of likely N-dealkylation sites (tertiary alicyclic amines) is 1. The molecule has 0 bridgehead atoms. The van der Waals surface area contributed by atoms with Gasteiger partial charge in [0.05, 0.1) is 5.54 Å². The minimum Gasteiger partial charge on any atom is -0.363 e. The number of nitrogens with zero attached hydrogens (tertiary/aromatic N) is 2. The van der Waals surface area contributed by atoms with Gasteiger partial charge in [-0.3, -0.25) is 4.90 Å². The monoisotopic (exact) mass is 287 g/mol. The van der Waals surface area contributed by atoms with Crippen LogP contribution in [0.15, 0.2) is 24.3 Å². The highest BCUT2D eigenvalue weighted by atomic mass is 15.3. The summed E-state index contributed by atoms with van der Waals surface area (Å²) >= 11 is 0. The van der Waals surface area contributed by atoms with Crippen LogP contribution in [-0.4, -0.2) is 42.7 Å². The van der Waals surface area contributed by atoms with Gasteiger partial charge in [-0.05, 0) is 51.2 Å². The zero-order chi connectivity index (χ0) is 14.9. The van der Waals surface area contributed by atoms with Crippen molar-refractivity contribution in [1.82, 2.24) is 4.90 Å². The summed E-state index contributed by atoms with van der Waals surface area (Å²) in [6, 6.07) is 9.56. The van der Waals surface area contributed by atoms with Crippen LogP contribution in [0.4, 0.5) is 5.69 Å². The number of para-hydroxylation sites is 1. The van der Waals surface area contributed by atoms with Crippen LogP contribution in [0.2, 0.25) is 0 Å². The van der Waals surface area contributed by atoms with Gasteiger partial charge in [0.25, 0.3) is 0 Å².